The first-order valence-corrected chi connectivity index (χ1v) is 9.66. The summed E-state index contributed by atoms with van der Waals surface area (Å²) in [5, 5.41) is 10.3. The van der Waals surface area contributed by atoms with E-state index in [0.717, 1.165) is 31.1 Å². The van der Waals surface area contributed by atoms with Crippen molar-refractivity contribution in [3.8, 4) is 0 Å². The summed E-state index contributed by atoms with van der Waals surface area (Å²) in [6.45, 7) is 2.14. The summed E-state index contributed by atoms with van der Waals surface area (Å²) in [6.07, 6.45) is 13.2. The Hall–Kier alpha value is 0.612. The second-order valence-corrected chi connectivity index (χ2v) is 8.61. The Bertz CT molecular complexity index is 505. The summed E-state index contributed by atoms with van der Waals surface area (Å²) in [4.78, 5) is 12.4. The van der Waals surface area contributed by atoms with E-state index in [0.29, 0.717) is 17.8 Å². The molecule has 4 bridgehead atoms. The second kappa shape index (κ2) is 7.69. The van der Waals surface area contributed by atoms with Crippen LogP contribution < -0.4 is 0 Å². The van der Waals surface area contributed by atoms with Crippen LogP contribution in [0.4, 0.5) is 0 Å². The molecule has 0 aromatic heterocycles. The molecular formula is C20H30AcO3. The maximum Gasteiger partial charge on any atom is 0.308 e. The van der Waals surface area contributed by atoms with E-state index in [1.807, 2.05) is 0 Å². The molecule has 131 valence electrons. The number of carbonyl (C=O) groups excluding carboxylic acids is 1. The number of rotatable bonds is 6. The van der Waals surface area contributed by atoms with Gasteiger partial charge in [-0.25, -0.2) is 0 Å². The molecule has 4 aliphatic carbocycles. The Labute approximate surface area is 181 Å². The number of ether oxygens (including phenoxy) is 1. The molecule has 7 atom stereocenters. The molecule has 3 fully saturated rings. The van der Waals surface area contributed by atoms with Gasteiger partial charge < -0.3 is 9.84 Å². The van der Waals surface area contributed by atoms with E-state index in [-0.39, 0.29) is 62.1 Å². The van der Waals surface area contributed by atoms with Gasteiger partial charge in [0.25, 0.3) is 0 Å². The number of aliphatic hydroxyl groups is 1. The predicted octanol–water partition coefficient (Wildman–Crippen LogP) is 3.85. The van der Waals surface area contributed by atoms with E-state index >= 15 is 0 Å². The molecule has 0 aromatic rings. The van der Waals surface area contributed by atoms with Crippen LogP contribution in [0.2, 0.25) is 0 Å². The van der Waals surface area contributed by atoms with Crippen molar-refractivity contribution in [1.29, 1.82) is 0 Å². The minimum atomic E-state index is -0.534. The predicted molar refractivity (Wildman–Crippen MR) is 88.6 cm³/mol. The fourth-order valence-electron chi connectivity index (χ4n) is 6.08. The average Bonchev–Trinajstić information content (AvgIpc) is 3.26. The van der Waals surface area contributed by atoms with Gasteiger partial charge in [0.2, 0.25) is 0 Å². The van der Waals surface area contributed by atoms with Crippen LogP contribution in [0.3, 0.4) is 0 Å². The van der Waals surface area contributed by atoms with Gasteiger partial charge in [-0.3, -0.25) is 4.79 Å². The molecule has 0 aliphatic heterocycles. The SMILES string of the molecule is CCC1(OC(=O)CC(O)CC2CC3C=CC2C3)CC2CCC1C2.[Ac]. The molecule has 0 amide bonds. The van der Waals surface area contributed by atoms with Crippen molar-refractivity contribution in [1.82, 2.24) is 0 Å². The summed E-state index contributed by atoms with van der Waals surface area (Å²) >= 11 is 0. The number of esters is 1. The zero-order valence-corrected chi connectivity index (χ0v) is 19.6. The van der Waals surface area contributed by atoms with E-state index in [1.54, 1.807) is 0 Å². The van der Waals surface area contributed by atoms with Gasteiger partial charge in [0, 0.05) is 44.1 Å². The Morgan fingerprint density at radius 1 is 1.29 bits per heavy atom. The van der Waals surface area contributed by atoms with Crippen LogP contribution in [0.1, 0.15) is 64.7 Å². The van der Waals surface area contributed by atoms with Crippen molar-refractivity contribution < 1.29 is 58.7 Å². The van der Waals surface area contributed by atoms with Crippen LogP contribution in [-0.2, 0) is 9.53 Å². The first kappa shape index (κ1) is 19.4. The Morgan fingerprint density at radius 2 is 2.12 bits per heavy atom. The molecule has 4 heteroatoms. The third-order valence-corrected chi connectivity index (χ3v) is 7.23. The smallest absolute Gasteiger partial charge is 0.308 e. The van der Waals surface area contributed by atoms with E-state index in [2.05, 4.69) is 19.1 Å². The van der Waals surface area contributed by atoms with Crippen molar-refractivity contribution in [3.05, 3.63) is 12.2 Å². The molecular weight excluding hydrogens is 515 g/mol. The topological polar surface area (TPSA) is 46.5 Å². The molecule has 1 radical (unpaired) electrons. The fraction of sp³-hybridized carbons (Fsp3) is 0.850. The quantitative estimate of drug-likeness (QED) is 0.408. The van der Waals surface area contributed by atoms with Gasteiger partial charge in [-0.1, -0.05) is 19.1 Å². The summed E-state index contributed by atoms with van der Waals surface area (Å²) in [5.74, 6) is 3.08. The molecule has 3 saturated carbocycles. The van der Waals surface area contributed by atoms with Crippen LogP contribution in [0.15, 0.2) is 12.2 Å². The van der Waals surface area contributed by atoms with Crippen LogP contribution >= 0.6 is 0 Å². The number of carbonyl (C=O) groups is 1. The summed E-state index contributed by atoms with van der Waals surface area (Å²) in [5.41, 5.74) is -0.213. The first-order chi connectivity index (χ1) is 11.1. The third-order valence-electron chi connectivity index (χ3n) is 7.23. The van der Waals surface area contributed by atoms with Crippen molar-refractivity contribution in [2.45, 2.75) is 76.4 Å². The maximum absolute atomic E-state index is 12.4. The zero-order chi connectivity index (χ0) is 16.0. The van der Waals surface area contributed by atoms with Crippen molar-refractivity contribution in [2.24, 2.45) is 29.6 Å². The molecule has 4 aliphatic rings. The van der Waals surface area contributed by atoms with Gasteiger partial charge in [0.1, 0.15) is 5.60 Å². The standard InChI is InChI=1S/C20H30O3.Ac/c1-2-20(12-14-4-6-17(20)9-14)23-19(22)11-18(21)10-16-8-13-3-5-15(16)7-13;/h3,5,13-18,21H,2,4,6-12H2,1H3;. The normalized spacial score (nSPS) is 43.0. The molecule has 24 heavy (non-hydrogen) atoms. The molecule has 0 saturated heterocycles. The molecule has 4 rings (SSSR count). The average molecular weight is 545 g/mol. The van der Waals surface area contributed by atoms with Crippen LogP contribution in [0.25, 0.3) is 0 Å². The van der Waals surface area contributed by atoms with Gasteiger partial charge in [-0.15, -0.1) is 0 Å². The molecule has 1 N–H and O–H groups in total. The number of hydrogen-bond acceptors (Lipinski definition) is 3. The monoisotopic (exact) mass is 545 g/mol. The summed E-state index contributed by atoms with van der Waals surface area (Å²) in [7, 11) is 0. The van der Waals surface area contributed by atoms with Crippen LogP contribution in [-0.4, -0.2) is 22.8 Å². The Morgan fingerprint density at radius 3 is 2.67 bits per heavy atom. The van der Waals surface area contributed by atoms with Gasteiger partial charge >= 0.3 is 5.97 Å². The largest absolute Gasteiger partial charge is 0.459 e. The number of allylic oxidation sites excluding steroid dienone is 2. The van der Waals surface area contributed by atoms with E-state index in [1.165, 1.54) is 32.1 Å². The van der Waals surface area contributed by atoms with Crippen LogP contribution in [0.5, 0.6) is 0 Å². The first-order valence-electron chi connectivity index (χ1n) is 9.66. The van der Waals surface area contributed by atoms with Crippen LogP contribution in [0, 0.1) is 73.7 Å². The maximum atomic E-state index is 12.4. The van der Waals surface area contributed by atoms with Gasteiger partial charge in [0.05, 0.1) is 12.5 Å². The summed E-state index contributed by atoms with van der Waals surface area (Å²) < 4.78 is 5.97. The molecule has 0 aromatic carbocycles. The van der Waals surface area contributed by atoms with Crippen molar-refractivity contribution in [3.63, 3.8) is 0 Å². The molecule has 0 spiro atoms. The number of fused-ring (bicyclic) bond motifs is 4. The van der Waals surface area contributed by atoms with Gasteiger partial charge in [-0.05, 0) is 81.0 Å². The minimum Gasteiger partial charge on any atom is -0.459 e. The minimum absolute atomic E-state index is 0. The van der Waals surface area contributed by atoms with E-state index in [9.17, 15) is 9.90 Å². The number of hydrogen-bond donors (Lipinski definition) is 1. The Balaban J connectivity index is 0.00000169. The van der Waals surface area contributed by atoms with Crippen molar-refractivity contribution >= 4 is 5.97 Å². The number of aliphatic hydroxyl groups excluding tert-OH is 1. The third kappa shape index (κ3) is 3.67. The zero-order valence-electron chi connectivity index (χ0n) is 14.8. The molecule has 7 unspecified atom stereocenters. The van der Waals surface area contributed by atoms with Gasteiger partial charge in [0.15, 0.2) is 0 Å². The fourth-order valence-corrected chi connectivity index (χ4v) is 6.08. The summed E-state index contributed by atoms with van der Waals surface area (Å²) in [6, 6.07) is 0. The molecule has 3 nitrogen and oxygen atoms in total. The van der Waals surface area contributed by atoms with Crippen molar-refractivity contribution in [2.75, 3.05) is 0 Å². The van der Waals surface area contributed by atoms with Gasteiger partial charge in [-0.2, -0.15) is 0 Å². The molecule has 0 heterocycles. The Kier molecular flexibility index (Phi) is 6.21. The van der Waals surface area contributed by atoms with E-state index in [4.69, 9.17) is 4.74 Å². The second-order valence-electron chi connectivity index (χ2n) is 8.61. The van der Waals surface area contributed by atoms with E-state index < -0.39 is 6.10 Å².